The second-order valence-electron chi connectivity index (χ2n) is 8.39. The summed E-state index contributed by atoms with van der Waals surface area (Å²) in [4.78, 5) is 29.2. The van der Waals surface area contributed by atoms with Gasteiger partial charge in [0, 0.05) is 30.2 Å². The van der Waals surface area contributed by atoms with Gasteiger partial charge in [-0.3, -0.25) is 9.69 Å². The topological polar surface area (TPSA) is 52.6 Å². The first kappa shape index (κ1) is 24.6. The number of amides is 3. The number of nitrogens with one attached hydrogen (secondary N) is 1. The summed E-state index contributed by atoms with van der Waals surface area (Å²) in [6.07, 6.45) is -3.82. The number of urea groups is 1. The van der Waals surface area contributed by atoms with Gasteiger partial charge in [-0.15, -0.1) is 0 Å². The first-order valence-corrected chi connectivity index (χ1v) is 11.4. The Labute approximate surface area is 206 Å². The molecular weight excluding hydrogens is 479 g/mol. The van der Waals surface area contributed by atoms with Crippen molar-refractivity contribution < 1.29 is 22.8 Å². The SMILES string of the molecule is Cc1ccc(N2CCCN(Cc3cccc(C(F)(F)F)c3)C2=O)c(NC(=O)c2ccc(Cl)cc2)c1. The van der Waals surface area contributed by atoms with Crippen LogP contribution in [0.2, 0.25) is 5.02 Å². The Kier molecular flexibility index (Phi) is 7.03. The number of hydrogen-bond acceptors (Lipinski definition) is 2. The zero-order valence-corrected chi connectivity index (χ0v) is 19.7. The molecule has 3 aromatic rings. The van der Waals surface area contributed by atoms with E-state index in [1.54, 1.807) is 47.4 Å². The second kappa shape index (κ2) is 10.00. The van der Waals surface area contributed by atoms with Crippen LogP contribution in [0.15, 0.2) is 66.7 Å². The van der Waals surface area contributed by atoms with Crippen LogP contribution in [0.5, 0.6) is 0 Å². The van der Waals surface area contributed by atoms with Crippen LogP contribution in [0.25, 0.3) is 0 Å². The fourth-order valence-electron chi connectivity index (χ4n) is 4.00. The van der Waals surface area contributed by atoms with Crippen LogP contribution in [-0.4, -0.2) is 29.9 Å². The molecule has 0 aliphatic carbocycles. The molecule has 0 bridgehead atoms. The van der Waals surface area contributed by atoms with E-state index in [-0.39, 0.29) is 18.5 Å². The lowest BCUT2D eigenvalue weighted by Crippen LogP contribution is -2.49. The highest BCUT2D eigenvalue weighted by Gasteiger charge is 2.32. The fraction of sp³-hybridized carbons (Fsp3) is 0.231. The van der Waals surface area contributed by atoms with E-state index in [9.17, 15) is 22.8 Å². The van der Waals surface area contributed by atoms with Gasteiger partial charge in [0.2, 0.25) is 0 Å². The van der Waals surface area contributed by atoms with Crippen molar-refractivity contribution in [3.8, 4) is 0 Å². The number of alkyl halides is 3. The average molecular weight is 502 g/mol. The number of carbonyl (C=O) groups is 2. The minimum Gasteiger partial charge on any atom is -0.320 e. The first-order chi connectivity index (χ1) is 16.6. The Morgan fingerprint density at radius 2 is 1.77 bits per heavy atom. The zero-order valence-electron chi connectivity index (χ0n) is 18.9. The largest absolute Gasteiger partial charge is 0.416 e. The summed E-state index contributed by atoms with van der Waals surface area (Å²) in [5.74, 6) is -0.348. The number of rotatable bonds is 5. The lowest BCUT2D eigenvalue weighted by atomic mass is 10.1. The van der Waals surface area contributed by atoms with Crippen molar-refractivity contribution in [3.63, 3.8) is 0 Å². The van der Waals surface area contributed by atoms with Crippen molar-refractivity contribution in [2.24, 2.45) is 0 Å². The van der Waals surface area contributed by atoms with Crippen LogP contribution in [-0.2, 0) is 12.7 Å². The van der Waals surface area contributed by atoms with E-state index in [2.05, 4.69) is 5.32 Å². The summed E-state index contributed by atoms with van der Waals surface area (Å²) < 4.78 is 39.3. The summed E-state index contributed by atoms with van der Waals surface area (Å²) in [7, 11) is 0. The van der Waals surface area contributed by atoms with E-state index in [1.807, 2.05) is 13.0 Å². The maximum Gasteiger partial charge on any atom is 0.416 e. The second-order valence-corrected chi connectivity index (χ2v) is 8.83. The van der Waals surface area contributed by atoms with E-state index in [0.717, 1.165) is 17.7 Å². The molecule has 1 N–H and O–H groups in total. The summed E-state index contributed by atoms with van der Waals surface area (Å²) in [5.41, 5.74) is 1.96. The van der Waals surface area contributed by atoms with E-state index in [1.165, 1.54) is 11.0 Å². The van der Waals surface area contributed by atoms with Gasteiger partial charge in [-0.1, -0.05) is 29.8 Å². The van der Waals surface area contributed by atoms with Crippen molar-refractivity contribution in [1.29, 1.82) is 0 Å². The highest BCUT2D eigenvalue weighted by molar-refractivity contribution is 6.30. The molecule has 1 saturated heterocycles. The fourth-order valence-corrected chi connectivity index (χ4v) is 4.13. The normalized spacial score (nSPS) is 14.3. The lowest BCUT2D eigenvalue weighted by molar-refractivity contribution is -0.137. The quantitative estimate of drug-likeness (QED) is 0.420. The zero-order chi connectivity index (χ0) is 25.2. The standard InChI is InChI=1S/C26H23ClF3N3O2/c1-17-6-11-23(22(14-17)31-24(34)19-7-9-21(27)10-8-19)33-13-3-12-32(25(33)35)16-18-4-2-5-20(15-18)26(28,29)30/h2,4-11,14-15H,3,12-13,16H2,1H3,(H,31,34). The van der Waals surface area contributed by atoms with Crippen LogP contribution in [0, 0.1) is 6.92 Å². The maximum atomic E-state index is 13.3. The Balaban J connectivity index is 1.56. The maximum absolute atomic E-state index is 13.3. The van der Waals surface area contributed by atoms with Crippen molar-refractivity contribution >= 4 is 34.9 Å². The molecule has 0 saturated carbocycles. The number of benzene rings is 3. The van der Waals surface area contributed by atoms with Gasteiger partial charge >= 0.3 is 12.2 Å². The molecule has 0 spiro atoms. The van der Waals surface area contributed by atoms with Crippen LogP contribution in [0.4, 0.5) is 29.3 Å². The van der Waals surface area contributed by atoms with Gasteiger partial charge in [-0.2, -0.15) is 13.2 Å². The number of hydrogen-bond donors (Lipinski definition) is 1. The smallest absolute Gasteiger partial charge is 0.320 e. The molecular formula is C26H23ClF3N3O2. The molecule has 182 valence electrons. The van der Waals surface area contributed by atoms with Gasteiger partial charge in [0.15, 0.2) is 0 Å². The molecule has 0 radical (unpaired) electrons. The summed E-state index contributed by atoms with van der Waals surface area (Å²) in [6, 6.07) is 16.5. The summed E-state index contributed by atoms with van der Waals surface area (Å²) in [6.45, 7) is 2.77. The predicted octanol–water partition coefficient (Wildman–Crippen LogP) is 6.75. The molecule has 0 atom stereocenters. The number of aryl methyl sites for hydroxylation is 1. The van der Waals surface area contributed by atoms with Crippen LogP contribution in [0.1, 0.15) is 33.5 Å². The molecule has 3 amide bonds. The lowest BCUT2D eigenvalue weighted by Gasteiger charge is -2.36. The van der Waals surface area contributed by atoms with Crippen molar-refractivity contribution in [2.45, 2.75) is 26.1 Å². The van der Waals surface area contributed by atoms with Gasteiger partial charge in [-0.25, -0.2) is 4.79 Å². The number of halogens is 4. The minimum atomic E-state index is -4.45. The average Bonchev–Trinajstić information content (AvgIpc) is 2.81. The molecule has 0 unspecified atom stereocenters. The van der Waals surface area contributed by atoms with E-state index >= 15 is 0 Å². The van der Waals surface area contributed by atoms with Crippen molar-refractivity contribution in [1.82, 2.24) is 4.90 Å². The highest BCUT2D eigenvalue weighted by atomic mass is 35.5. The van der Waals surface area contributed by atoms with Crippen LogP contribution < -0.4 is 10.2 Å². The molecule has 1 aliphatic heterocycles. The molecule has 4 rings (SSSR count). The predicted molar refractivity (Wildman–Crippen MR) is 130 cm³/mol. The molecule has 9 heteroatoms. The molecule has 0 aromatic heterocycles. The Bertz CT molecular complexity index is 1250. The molecule has 1 fully saturated rings. The Morgan fingerprint density at radius 1 is 1.03 bits per heavy atom. The van der Waals surface area contributed by atoms with E-state index in [0.29, 0.717) is 47.0 Å². The van der Waals surface area contributed by atoms with E-state index in [4.69, 9.17) is 11.6 Å². The van der Waals surface area contributed by atoms with Gasteiger partial charge in [0.25, 0.3) is 5.91 Å². The monoisotopic (exact) mass is 501 g/mol. The summed E-state index contributed by atoms with van der Waals surface area (Å²) in [5, 5.41) is 3.39. The third kappa shape index (κ3) is 5.77. The first-order valence-electron chi connectivity index (χ1n) is 11.0. The Hall–Kier alpha value is -3.52. The molecule has 1 aliphatic rings. The molecule has 3 aromatic carbocycles. The van der Waals surface area contributed by atoms with E-state index < -0.39 is 11.7 Å². The number of anilines is 2. The molecule has 35 heavy (non-hydrogen) atoms. The third-order valence-corrected chi connectivity index (χ3v) is 5.99. The number of carbonyl (C=O) groups excluding carboxylic acids is 2. The van der Waals surface area contributed by atoms with Gasteiger partial charge in [-0.05, 0) is 73.0 Å². The highest BCUT2D eigenvalue weighted by Crippen LogP contribution is 2.32. The number of nitrogens with zero attached hydrogens (tertiary/aromatic N) is 2. The minimum absolute atomic E-state index is 0.0532. The van der Waals surface area contributed by atoms with Crippen LogP contribution in [0.3, 0.4) is 0 Å². The molecule has 5 nitrogen and oxygen atoms in total. The van der Waals surface area contributed by atoms with Gasteiger partial charge in [0.05, 0.1) is 16.9 Å². The Morgan fingerprint density at radius 3 is 2.49 bits per heavy atom. The van der Waals surface area contributed by atoms with Gasteiger partial charge < -0.3 is 10.2 Å². The summed E-state index contributed by atoms with van der Waals surface area (Å²) >= 11 is 5.91. The third-order valence-electron chi connectivity index (χ3n) is 5.74. The van der Waals surface area contributed by atoms with Crippen molar-refractivity contribution in [3.05, 3.63) is 94.0 Å². The van der Waals surface area contributed by atoms with Crippen LogP contribution >= 0.6 is 11.6 Å². The van der Waals surface area contributed by atoms with Gasteiger partial charge in [0.1, 0.15) is 0 Å². The van der Waals surface area contributed by atoms with Crippen molar-refractivity contribution in [2.75, 3.05) is 23.3 Å². The molecule has 1 heterocycles.